The Kier molecular flexibility index (Phi) is 4.03. The Labute approximate surface area is 135 Å². The van der Waals surface area contributed by atoms with Gasteiger partial charge in [0.15, 0.2) is 5.78 Å². The summed E-state index contributed by atoms with van der Waals surface area (Å²) < 4.78 is 0. The van der Waals surface area contributed by atoms with Crippen molar-refractivity contribution in [3.63, 3.8) is 0 Å². The Morgan fingerprint density at radius 2 is 1.57 bits per heavy atom. The van der Waals surface area contributed by atoms with E-state index in [0.717, 1.165) is 22.3 Å². The molecule has 2 heteroatoms. The van der Waals surface area contributed by atoms with Gasteiger partial charge in [-0.05, 0) is 29.7 Å². The maximum atomic E-state index is 12.7. The highest BCUT2D eigenvalue weighted by Crippen LogP contribution is 2.35. The van der Waals surface area contributed by atoms with Crippen molar-refractivity contribution < 1.29 is 4.79 Å². The first kappa shape index (κ1) is 14.7. The standard InChI is InChI=1S/C21H15NO/c1-15-19(14-22)17-10-6-3-7-11-18(17)21(15)20(23)13-12-16-8-4-2-5-9-16/h2-13H,1H3/b13-12+. The second-order valence-electron chi connectivity index (χ2n) is 5.33. The Morgan fingerprint density at radius 3 is 2.22 bits per heavy atom. The first-order valence-electron chi connectivity index (χ1n) is 7.41. The number of ketones is 1. The van der Waals surface area contributed by atoms with Gasteiger partial charge in [-0.25, -0.2) is 0 Å². The topological polar surface area (TPSA) is 40.9 Å². The van der Waals surface area contributed by atoms with Crippen molar-refractivity contribution in [3.8, 4) is 17.2 Å². The number of benzene rings is 1. The van der Waals surface area contributed by atoms with E-state index in [1.807, 2.05) is 67.6 Å². The maximum absolute atomic E-state index is 12.7. The molecule has 0 bridgehead atoms. The molecule has 2 nitrogen and oxygen atoms in total. The third kappa shape index (κ3) is 2.77. The fraction of sp³-hybridized carbons (Fsp3) is 0.0476. The highest BCUT2D eigenvalue weighted by Gasteiger charge is 2.22. The van der Waals surface area contributed by atoms with Crippen LogP contribution in [0.5, 0.6) is 0 Å². The number of carbonyl (C=O) groups excluding carboxylic acids is 1. The van der Waals surface area contributed by atoms with Crippen LogP contribution in [0.1, 0.15) is 27.0 Å². The lowest BCUT2D eigenvalue weighted by atomic mass is 10.0. The summed E-state index contributed by atoms with van der Waals surface area (Å²) in [5, 5.41) is 9.42. The van der Waals surface area contributed by atoms with Crippen molar-refractivity contribution in [1.29, 1.82) is 5.26 Å². The van der Waals surface area contributed by atoms with Gasteiger partial charge in [0.25, 0.3) is 0 Å². The van der Waals surface area contributed by atoms with Crippen molar-refractivity contribution in [2.45, 2.75) is 6.92 Å². The predicted molar refractivity (Wildman–Crippen MR) is 92.3 cm³/mol. The molecule has 2 aliphatic carbocycles. The summed E-state index contributed by atoms with van der Waals surface area (Å²) in [5.41, 5.74) is 4.56. The zero-order chi connectivity index (χ0) is 16.2. The number of allylic oxidation sites excluding steroid dienone is 1. The van der Waals surface area contributed by atoms with Gasteiger partial charge in [0, 0.05) is 11.1 Å². The van der Waals surface area contributed by atoms with Crippen LogP contribution in [0.25, 0.3) is 17.2 Å². The molecule has 0 aliphatic heterocycles. The van der Waals surface area contributed by atoms with Crippen LogP contribution >= 0.6 is 0 Å². The van der Waals surface area contributed by atoms with Gasteiger partial charge < -0.3 is 0 Å². The number of nitriles is 1. The number of rotatable bonds is 3. The molecule has 0 amide bonds. The Morgan fingerprint density at radius 1 is 0.957 bits per heavy atom. The van der Waals surface area contributed by atoms with Crippen LogP contribution in [-0.4, -0.2) is 5.78 Å². The highest BCUT2D eigenvalue weighted by atomic mass is 16.1. The number of nitrogens with zero attached hydrogens (tertiary/aromatic N) is 1. The Hall–Kier alpha value is -3.18. The zero-order valence-electron chi connectivity index (χ0n) is 12.8. The van der Waals surface area contributed by atoms with Crippen molar-refractivity contribution in [1.82, 2.24) is 0 Å². The van der Waals surface area contributed by atoms with E-state index in [4.69, 9.17) is 0 Å². The second kappa shape index (κ2) is 6.29. The molecule has 0 N–H and O–H groups in total. The van der Waals surface area contributed by atoms with Gasteiger partial charge in [0.05, 0.1) is 5.56 Å². The average molecular weight is 297 g/mol. The van der Waals surface area contributed by atoms with Crippen molar-refractivity contribution in [3.05, 3.63) is 89.0 Å². The van der Waals surface area contributed by atoms with Crippen LogP contribution in [0.15, 0.2) is 66.7 Å². The van der Waals surface area contributed by atoms with E-state index >= 15 is 0 Å². The van der Waals surface area contributed by atoms with Crippen LogP contribution in [0.4, 0.5) is 0 Å². The predicted octanol–water partition coefficient (Wildman–Crippen LogP) is 4.87. The monoisotopic (exact) mass is 297 g/mol. The molecule has 2 aliphatic rings. The van der Waals surface area contributed by atoms with Crippen LogP contribution in [-0.2, 0) is 0 Å². The summed E-state index contributed by atoms with van der Waals surface area (Å²) in [6.07, 6.45) is 3.38. The number of hydrogen-bond donors (Lipinski definition) is 0. The molecule has 0 unspecified atom stereocenters. The summed E-state index contributed by atoms with van der Waals surface area (Å²) in [6, 6.07) is 21.4. The van der Waals surface area contributed by atoms with Gasteiger partial charge in [-0.1, -0.05) is 66.7 Å². The highest BCUT2D eigenvalue weighted by molar-refractivity contribution is 6.14. The van der Waals surface area contributed by atoms with Gasteiger partial charge in [-0.15, -0.1) is 0 Å². The normalized spacial score (nSPS) is 10.8. The molecule has 0 heterocycles. The third-order valence-corrected chi connectivity index (χ3v) is 3.91. The molecule has 0 saturated heterocycles. The lowest BCUT2D eigenvalue weighted by Crippen LogP contribution is -1.96. The molecule has 0 spiro atoms. The summed E-state index contributed by atoms with van der Waals surface area (Å²) in [7, 11) is 0. The lowest BCUT2D eigenvalue weighted by molar-refractivity contribution is 0.104. The molecule has 0 fully saturated rings. The summed E-state index contributed by atoms with van der Waals surface area (Å²) in [4.78, 5) is 12.7. The maximum Gasteiger partial charge on any atom is 0.186 e. The smallest absolute Gasteiger partial charge is 0.186 e. The summed E-state index contributed by atoms with van der Waals surface area (Å²) in [5.74, 6) is -0.0796. The molecule has 1 aromatic carbocycles. The molecule has 23 heavy (non-hydrogen) atoms. The van der Waals surface area contributed by atoms with Crippen LogP contribution in [0.2, 0.25) is 0 Å². The van der Waals surface area contributed by atoms with Crippen LogP contribution in [0.3, 0.4) is 0 Å². The molecular weight excluding hydrogens is 282 g/mol. The lowest BCUT2D eigenvalue weighted by Gasteiger charge is -1.99. The van der Waals surface area contributed by atoms with Gasteiger partial charge in [-0.3, -0.25) is 4.79 Å². The van der Waals surface area contributed by atoms with Crippen LogP contribution in [0, 0.1) is 18.3 Å². The van der Waals surface area contributed by atoms with Crippen molar-refractivity contribution >= 4 is 11.9 Å². The molecule has 0 aromatic heterocycles. The van der Waals surface area contributed by atoms with E-state index in [2.05, 4.69) is 6.07 Å². The largest absolute Gasteiger partial charge is 0.289 e. The Bertz CT molecular complexity index is 901. The molecule has 110 valence electrons. The van der Waals surface area contributed by atoms with E-state index in [1.54, 1.807) is 12.2 Å². The Balaban J connectivity index is 2.07. The van der Waals surface area contributed by atoms with Crippen molar-refractivity contribution in [2.75, 3.05) is 0 Å². The minimum absolute atomic E-state index is 0.0796. The first-order chi connectivity index (χ1) is 11.2. The fourth-order valence-corrected chi connectivity index (χ4v) is 2.79. The SMILES string of the molecule is Cc1c(C#N)c2cccccc-2c1C(=O)/C=C/c1ccccc1. The fourth-order valence-electron chi connectivity index (χ4n) is 2.79. The third-order valence-electron chi connectivity index (χ3n) is 3.91. The zero-order valence-corrected chi connectivity index (χ0v) is 12.8. The minimum Gasteiger partial charge on any atom is -0.289 e. The van der Waals surface area contributed by atoms with Gasteiger partial charge in [-0.2, -0.15) is 5.26 Å². The minimum atomic E-state index is -0.0796. The molecule has 0 saturated carbocycles. The van der Waals surface area contributed by atoms with Crippen molar-refractivity contribution in [2.24, 2.45) is 0 Å². The molecular formula is C21H15NO. The number of hydrogen-bond acceptors (Lipinski definition) is 2. The number of carbonyl (C=O) groups is 1. The summed E-state index contributed by atoms with van der Waals surface area (Å²) in [6.45, 7) is 1.84. The van der Waals surface area contributed by atoms with E-state index < -0.39 is 0 Å². The average Bonchev–Trinajstić information content (AvgIpc) is 2.71. The molecule has 0 atom stereocenters. The first-order valence-corrected chi connectivity index (χ1v) is 7.41. The van der Waals surface area contributed by atoms with Crippen LogP contribution < -0.4 is 0 Å². The molecule has 1 aromatic rings. The quantitative estimate of drug-likeness (QED) is 0.511. The van der Waals surface area contributed by atoms with E-state index in [1.165, 1.54) is 0 Å². The summed E-state index contributed by atoms with van der Waals surface area (Å²) >= 11 is 0. The second-order valence-corrected chi connectivity index (χ2v) is 5.33. The van der Waals surface area contributed by atoms with Gasteiger partial charge in [0.1, 0.15) is 6.07 Å². The van der Waals surface area contributed by atoms with E-state index in [9.17, 15) is 10.1 Å². The number of fused-ring (bicyclic) bond motifs is 1. The van der Waals surface area contributed by atoms with Gasteiger partial charge in [0.2, 0.25) is 0 Å². The van der Waals surface area contributed by atoms with E-state index in [0.29, 0.717) is 11.1 Å². The molecule has 0 radical (unpaired) electrons. The van der Waals surface area contributed by atoms with Gasteiger partial charge >= 0.3 is 0 Å². The molecule has 3 rings (SSSR count). The van der Waals surface area contributed by atoms with E-state index in [-0.39, 0.29) is 5.78 Å².